The molecule has 1 fully saturated rings. The Labute approximate surface area is 84.1 Å². The number of hydrogen-bond acceptors (Lipinski definition) is 4. The first kappa shape index (κ1) is 11.3. The number of hydrogen-bond donors (Lipinski definition) is 1. The van der Waals surface area contributed by atoms with Gasteiger partial charge in [0.1, 0.15) is 5.60 Å². The number of rotatable bonds is 2. The third-order valence-electron chi connectivity index (χ3n) is 1.82. The molecule has 82 valence electrons. The number of nitrogens with zero attached hydrogens (tertiary/aromatic N) is 1. The fourth-order valence-corrected chi connectivity index (χ4v) is 1.04. The van der Waals surface area contributed by atoms with Gasteiger partial charge in [0.2, 0.25) is 0 Å². The molecule has 1 aliphatic rings. The van der Waals surface area contributed by atoms with Crippen molar-refractivity contribution in [1.82, 2.24) is 5.01 Å². The molecule has 1 atom stereocenters. The van der Waals surface area contributed by atoms with Crippen molar-refractivity contribution >= 4 is 6.09 Å². The fraction of sp³-hybridized carbons (Fsp3) is 0.889. The predicted molar refractivity (Wildman–Crippen MR) is 51.5 cm³/mol. The van der Waals surface area contributed by atoms with E-state index < -0.39 is 11.7 Å². The maximum Gasteiger partial charge on any atom is 0.424 e. The second kappa shape index (κ2) is 4.14. The molecule has 0 radical (unpaired) electrons. The first-order valence-electron chi connectivity index (χ1n) is 4.75. The molecule has 0 bridgehead atoms. The Kier molecular flexibility index (Phi) is 3.34. The third-order valence-corrected chi connectivity index (χ3v) is 1.82. The van der Waals surface area contributed by atoms with E-state index in [-0.39, 0.29) is 6.10 Å². The predicted octanol–water partition coefficient (Wildman–Crippen LogP) is 0.886. The summed E-state index contributed by atoms with van der Waals surface area (Å²) >= 11 is 0. The summed E-state index contributed by atoms with van der Waals surface area (Å²) in [5.41, 5.74) is -0.505. The summed E-state index contributed by atoms with van der Waals surface area (Å²) in [7, 11) is 0. The number of ether oxygens (including phenoxy) is 2. The van der Waals surface area contributed by atoms with Crippen molar-refractivity contribution in [3.8, 4) is 0 Å². The highest BCUT2D eigenvalue weighted by Crippen LogP contribution is 2.13. The quantitative estimate of drug-likeness (QED) is 0.410. The highest BCUT2D eigenvalue weighted by Gasteiger charge is 2.25. The van der Waals surface area contributed by atoms with Gasteiger partial charge in [-0.3, -0.25) is 0 Å². The van der Waals surface area contributed by atoms with E-state index in [0.717, 1.165) is 18.0 Å². The van der Waals surface area contributed by atoms with Gasteiger partial charge >= 0.3 is 6.09 Å². The number of carbonyl (C=O) groups excluding carboxylic acids is 1. The number of carbonyl (C=O) groups is 1. The summed E-state index contributed by atoms with van der Waals surface area (Å²) in [5.74, 6) is 5.51. The van der Waals surface area contributed by atoms with Crippen molar-refractivity contribution in [2.24, 2.45) is 5.84 Å². The van der Waals surface area contributed by atoms with Crippen molar-refractivity contribution in [3.63, 3.8) is 0 Å². The molecule has 0 saturated carbocycles. The Morgan fingerprint density at radius 2 is 2.21 bits per heavy atom. The maximum absolute atomic E-state index is 11.4. The van der Waals surface area contributed by atoms with Crippen LogP contribution in [0.3, 0.4) is 0 Å². The van der Waals surface area contributed by atoms with Crippen LogP contribution in [0.5, 0.6) is 0 Å². The maximum atomic E-state index is 11.4. The summed E-state index contributed by atoms with van der Waals surface area (Å²) in [5, 5.41) is 1.06. The van der Waals surface area contributed by atoms with Crippen LogP contribution in [0.15, 0.2) is 0 Å². The van der Waals surface area contributed by atoms with Crippen LogP contribution in [0.4, 0.5) is 4.79 Å². The summed E-state index contributed by atoms with van der Waals surface area (Å²) < 4.78 is 10.2. The topological polar surface area (TPSA) is 64.8 Å². The molecule has 0 aromatic heterocycles. The first-order valence-corrected chi connectivity index (χ1v) is 4.75. The normalized spacial score (nSPS) is 21.3. The van der Waals surface area contributed by atoms with E-state index >= 15 is 0 Å². The standard InChI is InChI=1S/C9H18N2O3/c1-9(2,3)14-8(12)11(10)6-7-4-5-13-7/h7H,4-6,10H2,1-3H3. The van der Waals surface area contributed by atoms with Gasteiger partial charge in [0.05, 0.1) is 12.6 Å². The van der Waals surface area contributed by atoms with Gasteiger partial charge in [-0.15, -0.1) is 0 Å². The SMILES string of the molecule is CC(C)(C)OC(=O)N(N)CC1CCO1. The molecule has 14 heavy (non-hydrogen) atoms. The molecule has 1 rings (SSSR count). The smallest absolute Gasteiger partial charge is 0.424 e. The third kappa shape index (κ3) is 3.51. The van der Waals surface area contributed by atoms with E-state index in [4.69, 9.17) is 15.3 Å². The van der Waals surface area contributed by atoms with E-state index in [0.29, 0.717) is 6.54 Å². The molecule has 1 unspecified atom stereocenters. The molecular formula is C9H18N2O3. The lowest BCUT2D eigenvalue weighted by Crippen LogP contribution is -2.48. The molecule has 1 saturated heterocycles. The summed E-state index contributed by atoms with van der Waals surface area (Å²) in [6.45, 7) is 6.57. The van der Waals surface area contributed by atoms with Crippen molar-refractivity contribution in [1.29, 1.82) is 0 Å². The number of amides is 1. The zero-order valence-corrected chi connectivity index (χ0v) is 8.95. The molecule has 1 aliphatic heterocycles. The first-order chi connectivity index (χ1) is 6.38. The van der Waals surface area contributed by atoms with Crippen molar-refractivity contribution in [3.05, 3.63) is 0 Å². The molecule has 2 N–H and O–H groups in total. The second-order valence-corrected chi connectivity index (χ2v) is 4.41. The molecular weight excluding hydrogens is 184 g/mol. The summed E-state index contributed by atoms with van der Waals surface area (Å²) in [6, 6.07) is 0. The number of hydrazine groups is 1. The Balaban J connectivity index is 2.28. The van der Waals surface area contributed by atoms with Gasteiger partial charge in [-0.1, -0.05) is 0 Å². The monoisotopic (exact) mass is 202 g/mol. The van der Waals surface area contributed by atoms with Crippen molar-refractivity contribution < 1.29 is 14.3 Å². The van der Waals surface area contributed by atoms with Crippen LogP contribution in [0, 0.1) is 0 Å². The summed E-state index contributed by atoms with van der Waals surface area (Å²) in [4.78, 5) is 11.4. The van der Waals surface area contributed by atoms with Crippen LogP contribution in [-0.4, -0.2) is 36.0 Å². The minimum Gasteiger partial charge on any atom is -0.443 e. The Bertz CT molecular complexity index is 209. The van der Waals surface area contributed by atoms with Gasteiger partial charge in [-0.2, -0.15) is 0 Å². The zero-order chi connectivity index (χ0) is 10.8. The highest BCUT2D eigenvalue weighted by atomic mass is 16.6. The average molecular weight is 202 g/mol. The lowest BCUT2D eigenvalue weighted by Gasteiger charge is -2.31. The fourth-order valence-electron chi connectivity index (χ4n) is 1.04. The Morgan fingerprint density at radius 1 is 1.64 bits per heavy atom. The molecule has 0 aromatic carbocycles. The molecule has 1 heterocycles. The van der Waals surface area contributed by atoms with E-state index in [1.54, 1.807) is 20.8 Å². The van der Waals surface area contributed by atoms with Crippen LogP contribution < -0.4 is 5.84 Å². The van der Waals surface area contributed by atoms with Gasteiger partial charge < -0.3 is 9.47 Å². The minimum atomic E-state index is -0.506. The molecule has 0 spiro atoms. The Morgan fingerprint density at radius 3 is 2.57 bits per heavy atom. The van der Waals surface area contributed by atoms with Crippen LogP contribution in [-0.2, 0) is 9.47 Å². The molecule has 5 nitrogen and oxygen atoms in total. The van der Waals surface area contributed by atoms with Gasteiger partial charge in [0.25, 0.3) is 0 Å². The van der Waals surface area contributed by atoms with Gasteiger partial charge in [-0.05, 0) is 27.2 Å². The highest BCUT2D eigenvalue weighted by molar-refractivity contribution is 5.67. The average Bonchev–Trinajstić information content (AvgIpc) is 1.92. The molecule has 0 aliphatic carbocycles. The lowest BCUT2D eigenvalue weighted by molar-refractivity contribution is -0.0692. The zero-order valence-electron chi connectivity index (χ0n) is 8.95. The molecule has 5 heteroatoms. The van der Waals surface area contributed by atoms with E-state index in [2.05, 4.69) is 0 Å². The van der Waals surface area contributed by atoms with Crippen molar-refractivity contribution in [2.45, 2.75) is 38.9 Å². The second-order valence-electron chi connectivity index (χ2n) is 4.41. The molecule has 1 amide bonds. The largest absolute Gasteiger partial charge is 0.443 e. The van der Waals surface area contributed by atoms with Gasteiger partial charge in [0.15, 0.2) is 0 Å². The van der Waals surface area contributed by atoms with Gasteiger partial charge in [-0.25, -0.2) is 15.6 Å². The van der Waals surface area contributed by atoms with Crippen LogP contribution in [0.2, 0.25) is 0 Å². The minimum absolute atomic E-state index is 0.0764. The van der Waals surface area contributed by atoms with E-state index in [1.165, 1.54) is 0 Å². The van der Waals surface area contributed by atoms with Crippen LogP contribution >= 0.6 is 0 Å². The van der Waals surface area contributed by atoms with Crippen molar-refractivity contribution in [2.75, 3.05) is 13.2 Å². The molecule has 0 aromatic rings. The lowest BCUT2D eigenvalue weighted by atomic mass is 10.2. The summed E-state index contributed by atoms with van der Waals surface area (Å²) in [6.07, 6.45) is 0.525. The van der Waals surface area contributed by atoms with Crippen LogP contribution in [0.1, 0.15) is 27.2 Å². The van der Waals surface area contributed by atoms with E-state index in [1.807, 2.05) is 0 Å². The number of nitrogens with two attached hydrogens (primary N) is 1. The Hall–Kier alpha value is -0.810. The van der Waals surface area contributed by atoms with Gasteiger partial charge in [0, 0.05) is 6.61 Å². The van der Waals surface area contributed by atoms with Crippen LogP contribution in [0.25, 0.3) is 0 Å². The van der Waals surface area contributed by atoms with E-state index in [9.17, 15) is 4.79 Å².